The van der Waals surface area contributed by atoms with Crippen molar-refractivity contribution in [2.75, 3.05) is 20.3 Å². The molecule has 0 spiro atoms. The molecule has 7 nitrogen and oxygen atoms in total. The highest BCUT2D eigenvalue weighted by Gasteiger charge is 2.27. The number of hydrogen-bond donors (Lipinski definition) is 1. The maximum atomic E-state index is 12.2. The summed E-state index contributed by atoms with van der Waals surface area (Å²) in [6.45, 7) is 2.43. The van der Waals surface area contributed by atoms with Gasteiger partial charge in [0.2, 0.25) is 6.10 Å². The highest BCUT2D eigenvalue weighted by molar-refractivity contribution is 6.32. The van der Waals surface area contributed by atoms with Gasteiger partial charge in [0.1, 0.15) is 6.61 Å². The second kappa shape index (κ2) is 8.64. The molecule has 1 atom stereocenters. The third-order valence-electron chi connectivity index (χ3n) is 3.73. The minimum absolute atomic E-state index is 0.112. The fraction of sp³-hybridized carbons (Fsp3) is 0.263. The van der Waals surface area contributed by atoms with E-state index in [-0.39, 0.29) is 6.61 Å². The summed E-state index contributed by atoms with van der Waals surface area (Å²) in [5, 5.41) is 4.34. The largest absolute Gasteiger partial charge is 0.493 e. The van der Waals surface area contributed by atoms with Crippen molar-refractivity contribution in [2.24, 2.45) is 5.10 Å². The number of hydrazone groups is 1. The van der Waals surface area contributed by atoms with E-state index in [4.69, 9.17) is 30.5 Å². The summed E-state index contributed by atoms with van der Waals surface area (Å²) < 4.78 is 21.9. The lowest BCUT2D eigenvalue weighted by atomic mass is 10.2. The van der Waals surface area contributed by atoms with E-state index in [1.54, 1.807) is 24.3 Å². The minimum Gasteiger partial charge on any atom is -0.493 e. The van der Waals surface area contributed by atoms with Crippen molar-refractivity contribution in [1.29, 1.82) is 0 Å². The van der Waals surface area contributed by atoms with Crippen LogP contribution in [-0.2, 0) is 4.79 Å². The number of fused-ring (bicyclic) bond motifs is 1. The van der Waals surface area contributed by atoms with E-state index < -0.39 is 12.0 Å². The molecule has 8 heteroatoms. The van der Waals surface area contributed by atoms with Gasteiger partial charge in [0.25, 0.3) is 5.91 Å². The van der Waals surface area contributed by atoms with E-state index >= 15 is 0 Å². The van der Waals surface area contributed by atoms with Gasteiger partial charge < -0.3 is 18.9 Å². The van der Waals surface area contributed by atoms with Crippen LogP contribution in [-0.4, -0.2) is 38.5 Å². The molecule has 0 radical (unpaired) electrons. The molecular formula is C19H19ClN2O5. The minimum atomic E-state index is -0.782. The zero-order valence-electron chi connectivity index (χ0n) is 14.9. The van der Waals surface area contributed by atoms with Crippen molar-refractivity contribution < 1.29 is 23.7 Å². The average Bonchev–Trinajstić information content (AvgIpc) is 2.69. The summed E-state index contributed by atoms with van der Waals surface area (Å²) in [4.78, 5) is 12.2. The number of para-hydroxylation sites is 2. The fourth-order valence-electron chi connectivity index (χ4n) is 2.49. The van der Waals surface area contributed by atoms with Crippen LogP contribution in [0.5, 0.6) is 23.0 Å². The lowest BCUT2D eigenvalue weighted by molar-refractivity contribution is -0.130. The van der Waals surface area contributed by atoms with Gasteiger partial charge in [-0.3, -0.25) is 4.79 Å². The van der Waals surface area contributed by atoms with Gasteiger partial charge in [0.15, 0.2) is 23.0 Å². The monoisotopic (exact) mass is 390 g/mol. The van der Waals surface area contributed by atoms with Crippen LogP contribution in [0.2, 0.25) is 5.02 Å². The Kier molecular flexibility index (Phi) is 6.03. The molecule has 0 saturated carbocycles. The SMILES string of the molecule is CCOc1c(Cl)cc(/C=N\NC(=O)[C@H]2COc3ccccc3O2)cc1OC. The number of amides is 1. The quantitative estimate of drug-likeness (QED) is 0.606. The van der Waals surface area contributed by atoms with E-state index in [0.717, 1.165) is 0 Å². The molecule has 1 amide bonds. The molecule has 0 saturated heterocycles. The first kappa shape index (κ1) is 18.8. The zero-order chi connectivity index (χ0) is 19.2. The van der Waals surface area contributed by atoms with Gasteiger partial charge in [0, 0.05) is 0 Å². The van der Waals surface area contributed by atoms with Gasteiger partial charge in [-0.05, 0) is 36.8 Å². The average molecular weight is 391 g/mol. The third kappa shape index (κ3) is 4.43. The first-order valence-electron chi connectivity index (χ1n) is 8.34. The summed E-state index contributed by atoms with van der Waals surface area (Å²) >= 11 is 6.21. The molecule has 1 aliphatic rings. The summed E-state index contributed by atoms with van der Waals surface area (Å²) in [6.07, 6.45) is 0.676. The number of rotatable bonds is 6. The molecule has 3 rings (SSSR count). The Bertz CT molecular complexity index is 856. The lowest BCUT2D eigenvalue weighted by Crippen LogP contribution is -2.42. The Morgan fingerprint density at radius 3 is 2.89 bits per heavy atom. The summed E-state index contributed by atoms with van der Waals surface area (Å²) in [7, 11) is 1.52. The molecule has 1 heterocycles. The smallest absolute Gasteiger partial charge is 0.284 e. The Morgan fingerprint density at radius 1 is 1.37 bits per heavy atom. The molecule has 0 unspecified atom stereocenters. The van der Waals surface area contributed by atoms with Gasteiger partial charge in [0.05, 0.1) is 25.0 Å². The maximum absolute atomic E-state index is 12.2. The number of nitrogens with zero attached hydrogens (tertiary/aromatic N) is 1. The third-order valence-corrected chi connectivity index (χ3v) is 4.01. The maximum Gasteiger partial charge on any atom is 0.284 e. The van der Waals surface area contributed by atoms with E-state index in [2.05, 4.69) is 10.5 Å². The molecule has 0 bridgehead atoms. The van der Waals surface area contributed by atoms with Gasteiger partial charge in [-0.1, -0.05) is 23.7 Å². The predicted molar refractivity (Wildman–Crippen MR) is 101 cm³/mol. The molecule has 1 aliphatic heterocycles. The molecule has 2 aromatic carbocycles. The summed E-state index contributed by atoms with van der Waals surface area (Å²) in [5.74, 6) is 1.67. The van der Waals surface area contributed by atoms with Gasteiger partial charge in [-0.15, -0.1) is 0 Å². The van der Waals surface area contributed by atoms with Crippen LogP contribution in [0.25, 0.3) is 0 Å². The first-order chi connectivity index (χ1) is 13.1. The summed E-state index contributed by atoms with van der Waals surface area (Å²) in [5.41, 5.74) is 3.08. The Hall–Kier alpha value is -2.93. The van der Waals surface area contributed by atoms with E-state index in [1.165, 1.54) is 13.3 Å². The predicted octanol–water partition coefficient (Wildman–Crippen LogP) is 3.04. The molecule has 0 aliphatic carbocycles. The second-order valence-electron chi connectivity index (χ2n) is 5.57. The normalized spacial score (nSPS) is 15.4. The van der Waals surface area contributed by atoms with Crippen LogP contribution in [0.4, 0.5) is 0 Å². The van der Waals surface area contributed by atoms with Crippen molar-refractivity contribution in [2.45, 2.75) is 13.0 Å². The number of ether oxygens (including phenoxy) is 4. The second-order valence-corrected chi connectivity index (χ2v) is 5.97. The highest BCUT2D eigenvalue weighted by Crippen LogP contribution is 2.36. The van der Waals surface area contributed by atoms with E-state index in [1.807, 2.05) is 19.1 Å². The molecule has 1 N–H and O–H groups in total. The number of benzene rings is 2. The molecule has 0 aromatic heterocycles. The Morgan fingerprint density at radius 2 is 2.15 bits per heavy atom. The van der Waals surface area contributed by atoms with E-state index in [0.29, 0.717) is 40.2 Å². The van der Waals surface area contributed by atoms with E-state index in [9.17, 15) is 4.79 Å². The Balaban J connectivity index is 1.64. The standard InChI is InChI=1S/C19H19ClN2O5/c1-3-25-18-13(20)8-12(9-16(18)24-2)10-21-22-19(23)17-11-26-14-6-4-5-7-15(14)27-17/h4-10,17H,3,11H2,1-2H3,(H,22,23)/b21-10-/t17-/m1/s1. The van der Waals surface area contributed by atoms with Crippen LogP contribution >= 0.6 is 11.6 Å². The molecule has 142 valence electrons. The van der Waals surface area contributed by atoms with Gasteiger partial charge in [-0.2, -0.15) is 5.10 Å². The molecule has 0 fully saturated rings. The van der Waals surface area contributed by atoms with Crippen molar-refractivity contribution in [1.82, 2.24) is 5.43 Å². The van der Waals surface area contributed by atoms with Crippen molar-refractivity contribution in [3.63, 3.8) is 0 Å². The highest BCUT2D eigenvalue weighted by atomic mass is 35.5. The topological polar surface area (TPSA) is 78.4 Å². The molecule has 2 aromatic rings. The number of carbonyl (C=O) groups is 1. The van der Waals surface area contributed by atoms with Crippen LogP contribution in [0.15, 0.2) is 41.5 Å². The number of nitrogens with one attached hydrogen (secondary N) is 1. The zero-order valence-corrected chi connectivity index (χ0v) is 15.7. The Labute approximate surface area is 161 Å². The van der Waals surface area contributed by atoms with Crippen LogP contribution in [0.1, 0.15) is 12.5 Å². The van der Waals surface area contributed by atoms with Gasteiger partial charge in [-0.25, -0.2) is 5.43 Å². The number of hydrogen-bond acceptors (Lipinski definition) is 6. The summed E-state index contributed by atoms with van der Waals surface area (Å²) in [6, 6.07) is 10.5. The molecule has 27 heavy (non-hydrogen) atoms. The number of halogens is 1. The van der Waals surface area contributed by atoms with Crippen LogP contribution in [0, 0.1) is 0 Å². The van der Waals surface area contributed by atoms with Crippen molar-refractivity contribution in [3.05, 3.63) is 47.0 Å². The van der Waals surface area contributed by atoms with Crippen LogP contribution in [0.3, 0.4) is 0 Å². The first-order valence-corrected chi connectivity index (χ1v) is 8.72. The van der Waals surface area contributed by atoms with Crippen molar-refractivity contribution >= 4 is 23.7 Å². The fourth-order valence-corrected chi connectivity index (χ4v) is 2.76. The van der Waals surface area contributed by atoms with Gasteiger partial charge >= 0.3 is 0 Å². The number of carbonyl (C=O) groups excluding carboxylic acids is 1. The molecular weight excluding hydrogens is 372 g/mol. The van der Waals surface area contributed by atoms with Crippen LogP contribution < -0.4 is 24.4 Å². The lowest BCUT2D eigenvalue weighted by Gasteiger charge is -2.24. The number of methoxy groups -OCH3 is 1. The van der Waals surface area contributed by atoms with Crippen molar-refractivity contribution in [3.8, 4) is 23.0 Å².